The number of para-hydroxylation sites is 1. The molecule has 0 amide bonds. The van der Waals surface area contributed by atoms with Crippen molar-refractivity contribution < 1.29 is 4.92 Å². The third-order valence-corrected chi connectivity index (χ3v) is 4.39. The topological polar surface area (TPSA) is 88.2 Å². The van der Waals surface area contributed by atoms with E-state index in [1.165, 1.54) is 6.07 Å². The Labute approximate surface area is 149 Å². The van der Waals surface area contributed by atoms with Gasteiger partial charge in [-0.1, -0.05) is 48.5 Å². The monoisotopic (exact) mass is 343 g/mol. The number of H-pyrrole nitrogens is 1. The molecule has 4 rings (SSSR count). The van der Waals surface area contributed by atoms with Gasteiger partial charge in [0.2, 0.25) is 5.70 Å². The van der Waals surface area contributed by atoms with E-state index in [-0.39, 0.29) is 5.69 Å². The summed E-state index contributed by atoms with van der Waals surface area (Å²) >= 11 is 0. The molecule has 2 aromatic carbocycles. The minimum absolute atomic E-state index is 0.0138. The van der Waals surface area contributed by atoms with Crippen LogP contribution in [0.3, 0.4) is 0 Å². The van der Waals surface area contributed by atoms with Crippen LogP contribution in [0.1, 0.15) is 22.6 Å². The molecule has 1 aromatic heterocycles. The number of aromatic nitrogens is 2. The largest absolute Gasteiger partial charge is 0.349 e. The predicted molar refractivity (Wildman–Crippen MR) is 97.1 cm³/mol. The molecule has 0 aliphatic carbocycles. The predicted octanol–water partition coefficient (Wildman–Crippen LogP) is 4.16. The second kappa shape index (κ2) is 6.18. The van der Waals surface area contributed by atoms with Crippen molar-refractivity contribution in [3.8, 4) is 0 Å². The van der Waals surface area contributed by atoms with Crippen molar-refractivity contribution in [2.24, 2.45) is 0 Å². The minimum Gasteiger partial charge on any atom is -0.349 e. The Balaban J connectivity index is 2.00. The number of anilines is 1. The molecule has 1 atom stereocenters. The van der Waals surface area contributed by atoms with Gasteiger partial charge in [-0.3, -0.25) is 15.2 Å². The van der Waals surface area contributed by atoms with Gasteiger partial charge in [0, 0.05) is 22.9 Å². The van der Waals surface area contributed by atoms with Crippen LogP contribution in [0.15, 0.2) is 66.5 Å². The number of rotatable bonds is 3. The Morgan fingerprint density at radius 3 is 2.54 bits per heavy atom. The van der Waals surface area contributed by atoms with Gasteiger partial charge in [0.1, 0.15) is 5.82 Å². The second-order valence-corrected chi connectivity index (χ2v) is 5.81. The molecule has 2 heterocycles. The maximum absolute atomic E-state index is 11.5. The molecule has 0 fully saturated rings. The van der Waals surface area contributed by atoms with Crippen LogP contribution in [0.5, 0.6) is 0 Å². The van der Waals surface area contributed by atoms with E-state index in [1.807, 2.05) is 30.3 Å². The van der Waals surface area contributed by atoms with Gasteiger partial charge < -0.3 is 5.32 Å². The zero-order chi connectivity index (χ0) is 18.1. The Morgan fingerprint density at radius 2 is 1.81 bits per heavy atom. The van der Waals surface area contributed by atoms with Crippen molar-refractivity contribution in [3.05, 3.63) is 105 Å². The highest BCUT2D eigenvalue weighted by Gasteiger charge is 2.35. The van der Waals surface area contributed by atoms with E-state index in [0.717, 1.165) is 5.56 Å². The Kier molecular flexibility index (Phi) is 3.71. The zero-order valence-corrected chi connectivity index (χ0v) is 13.5. The summed E-state index contributed by atoms with van der Waals surface area (Å²) in [6.07, 6.45) is 1.61. The van der Waals surface area contributed by atoms with Crippen molar-refractivity contribution in [3.63, 3.8) is 0 Å². The molecule has 126 valence electrons. The summed E-state index contributed by atoms with van der Waals surface area (Å²) in [5.74, 6) is 0.0683. The first-order chi connectivity index (χ1) is 12.7. The van der Waals surface area contributed by atoms with Crippen LogP contribution in [0, 0.1) is 16.7 Å². The van der Waals surface area contributed by atoms with Crippen molar-refractivity contribution in [1.29, 1.82) is 0 Å². The fraction of sp³-hybridized carbons (Fsp3) is 0.0526. The van der Waals surface area contributed by atoms with Gasteiger partial charge in [-0.2, -0.15) is 5.10 Å². The molecular weight excluding hydrogens is 330 g/mol. The molecule has 1 aliphatic heterocycles. The van der Waals surface area contributed by atoms with Gasteiger partial charge in [-0.25, -0.2) is 4.85 Å². The van der Waals surface area contributed by atoms with Crippen molar-refractivity contribution in [2.75, 3.05) is 5.32 Å². The molecule has 0 saturated heterocycles. The van der Waals surface area contributed by atoms with Crippen LogP contribution >= 0.6 is 0 Å². The summed E-state index contributed by atoms with van der Waals surface area (Å²) in [5, 5.41) is 21.7. The molecule has 1 unspecified atom stereocenters. The number of nitrogens with zero attached hydrogens (tertiary/aromatic N) is 3. The first kappa shape index (κ1) is 15.6. The van der Waals surface area contributed by atoms with E-state index in [9.17, 15) is 10.1 Å². The SMILES string of the molecule is [C-]#[N+]C1=C(c2ccccc2)Nc2[nH]ncc2C1c1ccccc1[N+](=O)[O-]. The van der Waals surface area contributed by atoms with Crippen LogP contribution < -0.4 is 5.32 Å². The quantitative estimate of drug-likeness (QED) is 0.424. The van der Waals surface area contributed by atoms with Crippen LogP contribution in [-0.2, 0) is 0 Å². The fourth-order valence-electron chi connectivity index (χ4n) is 3.25. The smallest absolute Gasteiger partial charge is 0.272 e. The van der Waals surface area contributed by atoms with Gasteiger partial charge in [-0.15, -0.1) is 0 Å². The van der Waals surface area contributed by atoms with E-state index in [4.69, 9.17) is 6.57 Å². The molecule has 1 aliphatic rings. The number of fused-ring (bicyclic) bond motifs is 1. The third kappa shape index (κ3) is 2.41. The Bertz CT molecular complexity index is 1060. The maximum Gasteiger partial charge on any atom is 0.272 e. The second-order valence-electron chi connectivity index (χ2n) is 5.81. The minimum atomic E-state index is -0.570. The lowest BCUT2D eigenvalue weighted by Gasteiger charge is -2.26. The first-order valence-electron chi connectivity index (χ1n) is 7.91. The molecule has 7 nitrogen and oxygen atoms in total. The average Bonchev–Trinajstić information content (AvgIpc) is 3.15. The van der Waals surface area contributed by atoms with Crippen LogP contribution in [0.2, 0.25) is 0 Å². The fourth-order valence-corrected chi connectivity index (χ4v) is 3.25. The number of nitro benzene ring substituents is 1. The molecule has 7 heteroatoms. The highest BCUT2D eigenvalue weighted by molar-refractivity contribution is 5.85. The number of benzene rings is 2. The highest BCUT2D eigenvalue weighted by atomic mass is 16.6. The number of nitrogens with one attached hydrogen (secondary N) is 2. The number of aromatic amines is 1. The summed E-state index contributed by atoms with van der Waals surface area (Å²) in [5.41, 5.74) is 3.04. The van der Waals surface area contributed by atoms with Gasteiger partial charge in [0.05, 0.1) is 23.6 Å². The molecule has 0 saturated carbocycles. The van der Waals surface area contributed by atoms with E-state index < -0.39 is 10.8 Å². The lowest BCUT2D eigenvalue weighted by Crippen LogP contribution is -2.17. The Hall–Kier alpha value is -3.92. The molecule has 2 N–H and O–H groups in total. The molecule has 0 radical (unpaired) electrons. The first-order valence-corrected chi connectivity index (χ1v) is 7.91. The van der Waals surface area contributed by atoms with Gasteiger partial charge in [0.25, 0.3) is 5.69 Å². The van der Waals surface area contributed by atoms with E-state index in [1.54, 1.807) is 24.4 Å². The van der Waals surface area contributed by atoms with Gasteiger partial charge >= 0.3 is 0 Å². The number of allylic oxidation sites excluding steroid dienone is 1. The van der Waals surface area contributed by atoms with Crippen molar-refractivity contribution in [1.82, 2.24) is 10.2 Å². The van der Waals surface area contributed by atoms with Crippen LogP contribution in [0.4, 0.5) is 11.5 Å². The lowest BCUT2D eigenvalue weighted by atomic mass is 9.84. The van der Waals surface area contributed by atoms with E-state index in [2.05, 4.69) is 20.4 Å². The van der Waals surface area contributed by atoms with E-state index in [0.29, 0.717) is 28.3 Å². The lowest BCUT2D eigenvalue weighted by molar-refractivity contribution is -0.385. The molecule has 0 bridgehead atoms. The zero-order valence-electron chi connectivity index (χ0n) is 13.5. The summed E-state index contributed by atoms with van der Waals surface area (Å²) in [7, 11) is 0. The standard InChI is InChI=1S/C19H13N5O2/c1-20-18-16(13-9-5-6-10-15(13)24(25)26)14-11-21-23-19(14)22-17(18)12-7-3-2-4-8-12/h2-11,16H,(H2,21,22,23). The van der Waals surface area contributed by atoms with Crippen LogP contribution in [0.25, 0.3) is 10.5 Å². The number of hydrogen-bond donors (Lipinski definition) is 2. The molecule has 0 spiro atoms. The van der Waals surface area contributed by atoms with Crippen molar-refractivity contribution >= 4 is 17.2 Å². The summed E-state index contributed by atoms with van der Waals surface area (Å²) < 4.78 is 0. The maximum atomic E-state index is 11.5. The number of nitro groups is 1. The van der Waals surface area contributed by atoms with Crippen molar-refractivity contribution in [2.45, 2.75) is 5.92 Å². The van der Waals surface area contributed by atoms with Gasteiger partial charge in [-0.05, 0) is 5.56 Å². The Morgan fingerprint density at radius 1 is 1.08 bits per heavy atom. The molecule has 3 aromatic rings. The molecular formula is C19H13N5O2. The molecule has 26 heavy (non-hydrogen) atoms. The summed E-state index contributed by atoms with van der Waals surface area (Å²) in [6, 6.07) is 16.0. The van der Waals surface area contributed by atoms with Crippen LogP contribution in [-0.4, -0.2) is 15.1 Å². The van der Waals surface area contributed by atoms with Gasteiger partial charge in [0.15, 0.2) is 0 Å². The number of hydrogen-bond acceptors (Lipinski definition) is 4. The average molecular weight is 343 g/mol. The van der Waals surface area contributed by atoms with E-state index >= 15 is 0 Å². The summed E-state index contributed by atoms with van der Waals surface area (Å²) in [4.78, 5) is 14.9. The normalized spacial score (nSPS) is 15.7. The summed E-state index contributed by atoms with van der Waals surface area (Å²) in [6.45, 7) is 7.76. The third-order valence-electron chi connectivity index (χ3n) is 4.39. The highest BCUT2D eigenvalue weighted by Crippen LogP contribution is 2.46.